The van der Waals surface area contributed by atoms with E-state index in [9.17, 15) is 4.39 Å². The quantitative estimate of drug-likeness (QED) is 0.761. The van der Waals surface area contributed by atoms with E-state index in [0.717, 1.165) is 5.56 Å². The Morgan fingerprint density at radius 1 is 1.16 bits per heavy atom. The average molecular weight is 385 g/mol. The molecule has 0 aliphatic carbocycles. The minimum absolute atomic E-state index is 0.251. The van der Waals surface area contributed by atoms with Gasteiger partial charge in [0.05, 0.1) is 20.6 Å². The van der Waals surface area contributed by atoms with Crippen molar-refractivity contribution >= 4 is 31.9 Å². The minimum atomic E-state index is -0.293. The summed E-state index contributed by atoms with van der Waals surface area (Å²) in [6, 6.07) is 11.6. The molecule has 0 saturated carbocycles. The summed E-state index contributed by atoms with van der Waals surface area (Å²) in [6.07, 6.45) is 0. The van der Waals surface area contributed by atoms with Gasteiger partial charge >= 0.3 is 0 Å². The Hall–Kier alpha value is -1.38. The third kappa shape index (κ3) is 3.55. The number of benzene rings is 2. The van der Waals surface area contributed by atoms with Crippen molar-refractivity contribution in [2.45, 2.75) is 6.61 Å². The van der Waals surface area contributed by atoms with Crippen molar-refractivity contribution in [3.05, 3.63) is 62.3 Å². The van der Waals surface area contributed by atoms with Gasteiger partial charge in [-0.05, 0) is 61.7 Å². The van der Waals surface area contributed by atoms with Crippen LogP contribution in [-0.4, -0.2) is 0 Å². The van der Waals surface area contributed by atoms with Gasteiger partial charge in [0.1, 0.15) is 18.2 Å². The number of halogens is 3. The molecule has 19 heavy (non-hydrogen) atoms. The van der Waals surface area contributed by atoms with Gasteiger partial charge in [-0.3, -0.25) is 0 Å². The summed E-state index contributed by atoms with van der Waals surface area (Å²) >= 11 is 6.69. The largest absolute Gasteiger partial charge is 0.487 e. The van der Waals surface area contributed by atoms with Crippen molar-refractivity contribution in [1.29, 1.82) is 5.26 Å². The van der Waals surface area contributed by atoms with Gasteiger partial charge in [0.15, 0.2) is 0 Å². The molecule has 0 heterocycles. The Balaban J connectivity index is 2.18. The second-order valence-corrected chi connectivity index (χ2v) is 5.51. The van der Waals surface area contributed by atoms with Gasteiger partial charge in [0, 0.05) is 0 Å². The average Bonchev–Trinajstić information content (AvgIpc) is 2.37. The summed E-state index contributed by atoms with van der Waals surface area (Å²) in [6.45, 7) is 0.251. The first-order valence-corrected chi connectivity index (χ1v) is 6.95. The molecule has 96 valence electrons. The lowest BCUT2D eigenvalue weighted by Gasteiger charge is -2.10. The fourth-order valence-electron chi connectivity index (χ4n) is 1.54. The van der Waals surface area contributed by atoms with Gasteiger partial charge in [-0.2, -0.15) is 5.26 Å². The lowest BCUT2D eigenvalue weighted by Crippen LogP contribution is -1.97. The van der Waals surface area contributed by atoms with Crippen LogP contribution < -0.4 is 4.74 Å². The summed E-state index contributed by atoms with van der Waals surface area (Å²) in [7, 11) is 0. The predicted molar refractivity (Wildman–Crippen MR) is 77.3 cm³/mol. The standard InChI is InChI=1S/C14H8Br2FNO/c15-12-5-10(7-18)6-13(16)14(12)19-8-9-2-1-3-11(17)4-9/h1-6H,8H2. The molecule has 0 aromatic heterocycles. The van der Waals surface area contributed by atoms with Gasteiger partial charge < -0.3 is 4.74 Å². The summed E-state index contributed by atoms with van der Waals surface area (Å²) in [5.41, 5.74) is 1.26. The van der Waals surface area contributed by atoms with Crippen LogP contribution in [-0.2, 0) is 6.61 Å². The maximum Gasteiger partial charge on any atom is 0.148 e. The van der Waals surface area contributed by atoms with E-state index >= 15 is 0 Å². The Bertz CT molecular complexity index is 629. The van der Waals surface area contributed by atoms with Gasteiger partial charge in [0.25, 0.3) is 0 Å². The lowest BCUT2D eigenvalue weighted by molar-refractivity contribution is 0.301. The normalized spacial score (nSPS) is 10.0. The number of hydrogen-bond donors (Lipinski definition) is 0. The molecule has 0 unspecified atom stereocenters. The molecular weight excluding hydrogens is 377 g/mol. The number of nitriles is 1. The van der Waals surface area contributed by atoms with Crippen LogP contribution in [0.25, 0.3) is 0 Å². The summed E-state index contributed by atoms with van der Waals surface area (Å²) in [4.78, 5) is 0. The molecule has 0 aliphatic heterocycles. The van der Waals surface area contributed by atoms with Crippen molar-refractivity contribution in [3.63, 3.8) is 0 Å². The van der Waals surface area contributed by atoms with Crippen LogP contribution in [0, 0.1) is 17.1 Å². The van der Waals surface area contributed by atoms with Crippen molar-refractivity contribution in [2.75, 3.05) is 0 Å². The topological polar surface area (TPSA) is 33.0 Å². The first-order valence-electron chi connectivity index (χ1n) is 5.36. The summed E-state index contributed by atoms with van der Waals surface area (Å²) in [5, 5.41) is 8.84. The number of ether oxygens (including phenoxy) is 1. The molecule has 2 aromatic carbocycles. The maximum atomic E-state index is 13.0. The molecule has 0 saturated heterocycles. The van der Waals surface area contributed by atoms with Crippen LogP contribution in [0.15, 0.2) is 45.3 Å². The van der Waals surface area contributed by atoms with E-state index in [-0.39, 0.29) is 12.4 Å². The molecule has 0 bridgehead atoms. The van der Waals surface area contributed by atoms with Crippen LogP contribution in [0.1, 0.15) is 11.1 Å². The lowest BCUT2D eigenvalue weighted by atomic mass is 10.2. The smallest absolute Gasteiger partial charge is 0.148 e. The van der Waals surface area contributed by atoms with Crippen LogP contribution in [0.4, 0.5) is 4.39 Å². The van der Waals surface area contributed by atoms with E-state index < -0.39 is 0 Å². The second kappa shape index (κ2) is 6.18. The highest BCUT2D eigenvalue weighted by Crippen LogP contribution is 2.35. The van der Waals surface area contributed by atoms with E-state index in [0.29, 0.717) is 20.3 Å². The van der Waals surface area contributed by atoms with Gasteiger partial charge in [-0.15, -0.1) is 0 Å². The molecule has 2 nitrogen and oxygen atoms in total. The fourth-order valence-corrected chi connectivity index (χ4v) is 2.96. The molecule has 2 rings (SSSR count). The summed E-state index contributed by atoms with van der Waals surface area (Å²) in [5.74, 6) is 0.294. The van der Waals surface area contributed by atoms with Gasteiger partial charge in [0.2, 0.25) is 0 Å². The third-order valence-electron chi connectivity index (χ3n) is 2.40. The Morgan fingerprint density at radius 3 is 2.42 bits per heavy atom. The first kappa shape index (κ1) is 14.0. The highest BCUT2D eigenvalue weighted by molar-refractivity contribution is 9.11. The van der Waals surface area contributed by atoms with E-state index in [2.05, 4.69) is 37.9 Å². The zero-order valence-corrected chi connectivity index (χ0v) is 12.8. The zero-order valence-electron chi connectivity index (χ0n) is 9.66. The Kier molecular flexibility index (Phi) is 4.56. The molecule has 2 aromatic rings. The Labute approximate surface area is 127 Å². The van der Waals surface area contributed by atoms with Gasteiger partial charge in [-0.25, -0.2) is 4.39 Å². The fraction of sp³-hybridized carbons (Fsp3) is 0.0714. The molecule has 0 amide bonds. The first-order chi connectivity index (χ1) is 9.10. The van der Waals surface area contributed by atoms with Crippen molar-refractivity contribution in [1.82, 2.24) is 0 Å². The van der Waals surface area contributed by atoms with E-state index in [1.807, 2.05) is 0 Å². The highest BCUT2D eigenvalue weighted by Gasteiger charge is 2.09. The van der Waals surface area contributed by atoms with Crippen molar-refractivity contribution in [2.24, 2.45) is 0 Å². The van der Waals surface area contributed by atoms with Crippen molar-refractivity contribution < 1.29 is 9.13 Å². The van der Waals surface area contributed by atoms with Crippen molar-refractivity contribution in [3.8, 4) is 11.8 Å². The Morgan fingerprint density at radius 2 is 1.84 bits per heavy atom. The van der Waals surface area contributed by atoms with Crippen LogP contribution in [0.3, 0.4) is 0 Å². The van der Waals surface area contributed by atoms with E-state index in [1.54, 1.807) is 24.3 Å². The van der Waals surface area contributed by atoms with Gasteiger partial charge in [-0.1, -0.05) is 12.1 Å². The third-order valence-corrected chi connectivity index (χ3v) is 3.58. The van der Waals surface area contributed by atoms with E-state index in [4.69, 9.17) is 10.00 Å². The second-order valence-electron chi connectivity index (χ2n) is 3.80. The monoisotopic (exact) mass is 383 g/mol. The molecule has 0 radical (unpaired) electrons. The molecule has 0 atom stereocenters. The zero-order chi connectivity index (χ0) is 13.8. The SMILES string of the molecule is N#Cc1cc(Br)c(OCc2cccc(F)c2)c(Br)c1. The molecule has 0 spiro atoms. The number of rotatable bonds is 3. The molecule has 5 heteroatoms. The number of nitrogens with zero attached hydrogens (tertiary/aromatic N) is 1. The molecule has 0 aliphatic rings. The van der Waals surface area contributed by atoms with Crippen LogP contribution in [0.2, 0.25) is 0 Å². The molecule has 0 N–H and O–H groups in total. The maximum absolute atomic E-state index is 13.0. The van der Waals surface area contributed by atoms with Crippen LogP contribution in [0.5, 0.6) is 5.75 Å². The highest BCUT2D eigenvalue weighted by atomic mass is 79.9. The minimum Gasteiger partial charge on any atom is -0.487 e. The summed E-state index contributed by atoms with van der Waals surface area (Å²) < 4.78 is 20.0. The molecule has 0 fully saturated rings. The van der Waals surface area contributed by atoms with Crippen LogP contribution >= 0.6 is 31.9 Å². The molecular formula is C14H8Br2FNO. The van der Waals surface area contributed by atoms with E-state index in [1.165, 1.54) is 12.1 Å². The predicted octanol–water partition coefficient (Wildman–Crippen LogP) is 4.80. The number of hydrogen-bond acceptors (Lipinski definition) is 2.